The summed E-state index contributed by atoms with van der Waals surface area (Å²) in [5, 5.41) is 4.88. The van der Waals surface area contributed by atoms with Crippen LogP contribution in [0.25, 0.3) is 0 Å². The zero-order chi connectivity index (χ0) is 15.4. The van der Waals surface area contributed by atoms with Crippen LogP contribution in [-0.2, 0) is 0 Å². The Morgan fingerprint density at radius 2 is 1.81 bits per heavy atom. The Morgan fingerprint density at radius 1 is 1.14 bits per heavy atom. The smallest absolute Gasteiger partial charge is 0.276 e. The molecular formula is C13H11F3N4O. The van der Waals surface area contributed by atoms with E-state index in [4.69, 9.17) is 0 Å². The van der Waals surface area contributed by atoms with Crippen LogP contribution in [0.2, 0.25) is 0 Å². The molecule has 1 aromatic carbocycles. The van der Waals surface area contributed by atoms with Crippen LogP contribution >= 0.6 is 0 Å². The highest BCUT2D eigenvalue weighted by atomic mass is 19.1. The molecule has 5 nitrogen and oxygen atoms in total. The summed E-state index contributed by atoms with van der Waals surface area (Å²) in [6, 6.07) is 0.942. The van der Waals surface area contributed by atoms with Crippen LogP contribution in [-0.4, -0.2) is 22.4 Å². The number of nitrogens with one attached hydrogen (secondary N) is 2. The van der Waals surface area contributed by atoms with E-state index in [0.717, 1.165) is 6.20 Å². The third-order valence-corrected chi connectivity index (χ3v) is 2.49. The third kappa shape index (κ3) is 3.47. The second-order valence-electron chi connectivity index (χ2n) is 4.02. The average Bonchev–Trinajstić information content (AvgIpc) is 2.43. The van der Waals surface area contributed by atoms with Gasteiger partial charge in [0.2, 0.25) is 0 Å². The van der Waals surface area contributed by atoms with Crippen LogP contribution in [0.3, 0.4) is 0 Å². The quantitative estimate of drug-likeness (QED) is 0.910. The monoisotopic (exact) mass is 296 g/mol. The molecule has 1 heterocycles. The van der Waals surface area contributed by atoms with Crippen LogP contribution in [0.4, 0.5) is 24.7 Å². The van der Waals surface area contributed by atoms with Gasteiger partial charge in [-0.05, 0) is 6.92 Å². The number of carbonyl (C=O) groups excluding carboxylic acids is 1. The highest BCUT2D eigenvalue weighted by Gasteiger charge is 2.16. The number of benzene rings is 1. The number of halogens is 3. The van der Waals surface area contributed by atoms with E-state index in [9.17, 15) is 18.0 Å². The topological polar surface area (TPSA) is 66.9 Å². The molecule has 0 aliphatic heterocycles. The summed E-state index contributed by atoms with van der Waals surface area (Å²) >= 11 is 0. The Labute approximate surface area is 118 Å². The molecule has 110 valence electrons. The summed E-state index contributed by atoms with van der Waals surface area (Å²) < 4.78 is 39.6. The van der Waals surface area contributed by atoms with Crippen molar-refractivity contribution in [3.8, 4) is 0 Å². The van der Waals surface area contributed by atoms with Crippen molar-refractivity contribution in [1.29, 1.82) is 0 Å². The van der Waals surface area contributed by atoms with E-state index < -0.39 is 29.0 Å². The van der Waals surface area contributed by atoms with Gasteiger partial charge in [-0.3, -0.25) is 4.79 Å². The maximum Gasteiger partial charge on any atom is 0.276 e. The Balaban J connectivity index is 2.18. The molecule has 0 saturated carbocycles. The van der Waals surface area contributed by atoms with Crippen molar-refractivity contribution < 1.29 is 18.0 Å². The summed E-state index contributed by atoms with van der Waals surface area (Å²) in [4.78, 5) is 19.5. The Morgan fingerprint density at radius 3 is 2.33 bits per heavy atom. The maximum absolute atomic E-state index is 13.4. The van der Waals surface area contributed by atoms with Crippen molar-refractivity contribution in [3.05, 3.63) is 47.7 Å². The Hall–Kier alpha value is -2.64. The first-order valence-electron chi connectivity index (χ1n) is 6.03. The molecule has 0 unspecified atom stereocenters. The van der Waals surface area contributed by atoms with E-state index in [-0.39, 0.29) is 5.69 Å². The number of rotatable bonds is 4. The zero-order valence-electron chi connectivity index (χ0n) is 11.0. The summed E-state index contributed by atoms with van der Waals surface area (Å²) in [5.41, 5.74) is -0.862. The van der Waals surface area contributed by atoms with E-state index in [1.165, 1.54) is 6.20 Å². The summed E-state index contributed by atoms with van der Waals surface area (Å²) in [5.74, 6) is -3.88. The number of nitrogens with zero attached hydrogens (tertiary/aromatic N) is 2. The molecule has 0 saturated heterocycles. The van der Waals surface area contributed by atoms with E-state index >= 15 is 0 Å². The molecule has 0 spiro atoms. The average molecular weight is 296 g/mol. The standard InChI is InChI=1S/C13H11F3N4O/c1-2-17-11-6-18-10(5-19-11)13(21)20-12-8(15)3-7(14)4-9(12)16/h3-6H,2H2,1H3,(H,17,19)(H,20,21). The van der Waals surface area contributed by atoms with Gasteiger partial charge in [0.1, 0.15) is 23.0 Å². The maximum atomic E-state index is 13.4. The van der Waals surface area contributed by atoms with E-state index in [1.807, 2.05) is 12.2 Å². The lowest BCUT2D eigenvalue weighted by atomic mass is 10.2. The van der Waals surface area contributed by atoms with Crippen LogP contribution < -0.4 is 10.6 Å². The SMILES string of the molecule is CCNc1cnc(C(=O)Nc2c(F)cc(F)cc2F)cn1. The van der Waals surface area contributed by atoms with Gasteiger partial charge in [0.25, 0.3) is 5.91 Å². The first-order valence-corrected chi connectivity index (χ1v) is 6.03. The van der Waals surface area contributed by atoms with E-state index in [0.29, 0.717) is 24.5 Å². The van der Waals surface area contributed by atoms with Gasteiger partial charge in [-0.1, -0.05) is 0 Å². The fourth-order valence-electron chi connectivity index (χ4n) is 1.56. The van der Waals surface area contributed by atoms with Crippen molar-refractivity contribution in [2.24, 2.45) is 0 Å². The number of anilines is 2. The molecule has 0 aliphatic rings. The summed E-state index contributed by atoms with van der Waals surface area (Å²) in [6.45, 7) is 2.49. The van der Waals surface area contributed by atoms with Gasteiger partial charge < -0.3 is 10.6 Å². The normalized spacial score (nSPS) is 10.3. The molecule has 1 amide bonds. The van der Waals surface area contributed by atoms with Crippen molar-refractivity contribution in [1.82, 2.24) is 9.97 Å². The summed E-state index contributed by atoms with van der Waals surface area (Å²) in [7, 11) is 0. The van der Waals surface area contributed by atoms with Gasteiger partial charge >= 0.3 is 0 Å². The minimum atomic E-state index is -1.21. The molecule has 2 N–H and O–H groups in total. The van der Waals surface area contributed by atoms with E-state index in [1.54, 1.807) is 0 Å². The van der Waals surface area contributed by atoms with Gasteiger partial charge in [0, 0.05) is 18.7 Å². The number of aromatic nitrogens is 2. The van der Waals surface area contributed by atoms with Gasteiger partial charge in [-0.25, -0.2) is 23.1 Å². The second-order valence-corrected chi connectivity index (χ2v) is 4.02. The molecule has 21 heavy (non-hydrogen) atoms. The molecule has 0 radical (unpaired) electrons. The second kappa shape index (κ2) is 6.21. The molecule has 0 aliphatic carbocycles. The van der Waals surface area contributed by atoms with Gasteiger partial charge in [-0.15, -0.1) is 0 Å². The molecule has 0 atom stereocenters. The Kier molecular flexibility index (Phi) is 4.36. The van der Waals surface area contributed by atoms with Crippen LogP contribution in [0.1, 0.15) is 17.4 Å². The van der Waals surface area contributed by atoms with Crippen LogP contribution in [0, 0.1) is 17.5 Å². The molecular weight excluding hydrogens is 285 g/mol. The van der Waals surface area contributed by atoms with Crippen molar-refractivity contribution >= 4 is 17.4 Å². The largest absolute Gasteiger partial charge is 0.369 e. The minimum absolute atomic E-state index is 0.125. The van der Waals surface area contributed by atoms with Crippen molar-refractivity contribution in [2.75, 3.05) is 17.2 Å². The van der Waals surface area contributed by atoms with Crippen LogP contribution in [0.5, 0.6) is 0 Å². The first-order chi connectivity index (χ1) is 10.0. The lowest BCUT2D eigenvalue weighted by Gasteiger charge is -2.07. The molecule has 2 rings (SSSR count). The molecule has 0 fully saturated rings. The molecule has 0 bridgehead atoms. The predicted octanol–water partition coefficient (Wildman–Crippen LogP) is 2.58. The van der Waals surface area contributed by atoms with Gasteiger partial charge in [0.15, 0.2) is 11.6 Å². The highest BCUT2D eigenvalue weighted by Crippen LogP contribution is 2.20. The lowest BCUT2D eigenvalue weighted by molar-refractivity contribution is 0.102. The fraction of sp³-hybridized carbons (Fsp3) is 0.154. The fourth-order valence-corrected chi connectivity index (χ4v) is 1.56. The lowest BCUT2D eigenvalue weighted by Crippen LogP contribution is -2.16. The number of carbonyl (C=O) groups is 1. The van der Waals surface area contributed by atoms with Crippen molar-refractivity contribution in [3.63, 3.8) is 0 Å². The number of hydrogen-bond donors (Lipinski definition) is 2. The Bertz CT molecular complexity index is 638. The summed E-state index contributed by atoms with van der Waals surface area (Å²) in [6.07, 6.45) is 2.47. The third-order valence-electron chi connectivity index (χ3n) is 2.49. The van der Waals surface area contributed by atoms with Gasteiger partial charge in [0.05, 0.1) is 12.4 Å². The van der Waals surface area contributed by atoms with Gasteiger partial charge in [-0.2, -0.15) is 0 Å². The zero-order valence-corrected chi connectivity index (χ0v) is 11.0. The molecule has 1 aromatic heterocycles. The molecule has 8 heteroatoms. The molecule has 2 aromatic rings. The first kappa shape index (κ1) is 14.8. The predicted molar refractivity (Wildman–Crippen MR) is 70.5 cm³/mol. The van der Waals surface area contributed by atoms with Crippen LogP contribution in [0.15, 0.2) is 24.5 Å². The highest BCUT2D eigenvalue weighted by molar-refractivity contribution is 6.02. The van der Waals surface area contributed by atoms with E-state index in [2.05, 4.69) is 15.3 Å². The number of hydrogen-bond acceptors (Lipinski definition) is 4. The number of amides is 1. The van der Waals surface area contributed by atoms with Crippen molar-refractivity contribution in [2.45, 2.75) is 6.92 Å². The minimum Gasteiger partial charge on any atom is -0.369 e.